The number of nitrogens with zero attached hydrogens (tertiary/aromatic N) is 1. The molecule has 2 unspecified atom stereocenters. The van der Waals surface area contributed by atoms with Crippen molar-refractivity contribution in [1.29, 1.82) is 0 Å². The molecule has 0 aromatic heterocycles. The maximum atomic E-state index is 4.03. The minimum Gasteiger partial charge on any atom is -0.316 e. The van der Waals surface area contributed by atoms with E-state index in [-0.39, 0.29) is 0 Å². The fourth-order valence-corrected chi connectivity index (χ4v) is 1.81. The summed E-state index contributed by atoms with van der Waals surface area (Å²) >= 11 is 0. The first-order valence-electron chi connectivity index (χ1n) is 5.13. The Labute approximate surface area is 82.0 Å². The Morgan fingerprint density at radius 2 is 2.23 bits per heavy atom. The summed E-state index contributed by atoms with van der Waals surface area (Å²) in [6, 6.07) is 0. The van der Waals surface area contributed by atoms with Crippen molar-refractivity contribution in [3.63, 3.8) is 0 Å². The number of nitrogens with one attached hydrogen (secondary N) is 1. The molecule has 0 spiro atoms. The molecule has 1 fully saturated rings. The predicted molar refractivity (Wildman–Crippen MR) is 57.8 cm³/mol. The molecule has 76 valence electrons. The first-order valence-corrected chi connectivity index (χ1v) is 5.13. The second-order valence-electron chi connectivity index (χ2n) is 4.45. The predicted octanol–water partition coefficient (Wildman–Crippen LogP) is 1.35. The maximum absolute atomic E-state index is 4.03. The Bertz CT molecular complexity index is 177. The summed E-state index contributed by atoms with van der Waals surface area (Å²) in [5.74, 6) is 1.91. The van der Waals surface area contributed by atoms with E-state index in [1.807, 2.05) is 7.05 Å². The van der Waals surface area contributed by atoms with Gasteiger partial charge in [0, 0.05) is 19.6 Å². The van der Waals surface area contributed by atoms with E-state index in [4.69, 9.17) is 0 Å². The Kier molecular flexibility index (Phi) is 3.94. The molecular formula is C11H22N2. The van der Waals surface area contributed by atoms with Gasteiger partial charge < -0.3 is 10.2 Å². The summed E-state index contributed by atoms with van der Waals surface area (Å²) in [7, 11) is 4.15. The second-order valence-corrected chi connectivity index (χ2v) is 4.45. The largest absolute Gasteiger partial charge is 0.316 e. The van der Waals surface area contributed by atoms with Gasteiger partial charge >= 0.3 is 0 Å². The molecule has 1 saturated carbocycles. The normalized spacial score (nSPS) is 26.5. The van der Waals surface area contributed by atoms with Crippen molar-refractivity contribution in [3.8, 4) is 0 Å². The summed E-state index contributed by atoms with van der Waals surface area (Å²) in [6.45, 7) is 9.57. The molecule has 0 saturated heterocycles. The highest BCUT2D eigenvalue weighted by atomic mass is 15.1. The molecule has 1 rings (SSSR count). The molecule has 0 heterocycles. The van der Waals surface area contributed by atoms with Gasteiger partial charge in [0.25, 0.3) is 0 Å². The van der Waals surface area contributed by atoms with Crippen molar-refractivity contribution in [3.05, 3.63) is 12.2 Å². The molecule has 0 bridgehead atoms. The number of hydrogen-bond donors (Lipinski definition) is 1. The van der Waals surface area contributed by atoms with E-state index >= 15 is 0 Å². The molecule has 1 aliphatic carbocycles. The SMILES string of the molecule is C=C(CNC)CN(C)CC1CC1C. The Balaban J connectivity index is 2.09. The van der Waals surface area contributed by atoms with E-state index in [0.717, 1.165) is 24.9 Å². The smallest absolute Gasteiger partial charge is 0.0199 e. The number of likely N-dealkylation sites (N-methyl/N-ethyl adjacent to an activating group) is 2. The van der Waals surface area contributed by atoms with E-state index in [0.29, 0.717) is 0 Å². The van der Waals surface area contributed by atoms with Crippen molar-refractivity contribution in [2.45, 2.75) is 13.3 Å². The third-order valence-corrected chi connectivity index (χ3v) is 2.74. The van der Waals surface area contributed by atoms with Crippen LogP contribution in [0.1, 0.15) is 13.3 Å². The topological polar surface area (TPSA) is 15.3 Å². The molecule has 2 atom stereocenters. The Hall–Kier alpha value is -0.340. The van der Waals surface area contributed by atoms with Gasteiger partial charge in [0.1, 0.15) is 0 Å². The highest BCUT2D eigenvalue weighted by Crippen LogP contribution is 2.37. The lowest BCUT2D eigenvalue weighted by molar-refractivity contribution is 0.338. The van der Waals surface area contributed by atoms with Crippen molar-refractivity contribution in [2.75, 3.05) is 33.7 Å². The first kappa shape index (κ1) is 10.7. The lowest BCUT2D eigenvalue weighted by atomic mass is 10.2. The molecule has 13 heavy (non-hydrogen) atoms. The van der Waals surface area contributed by atoms with Crippen LogP contribution in [-0.2, 0) is 0 Å². The lowest BCUT2D eigenvalue weighted by Crippen LogP contribution is -2.26. The van der Waals surface area contributed by atoms with Gasteiger partial charge in [-0.15, -0.1) is 0 Å². The number of rotatable bonds is 6. The molecule has 0 aliphatic heterocycles. The zero-order valence-corrected chi connectivity index (χ0v) is 9.14. The average molecular weight is 182 g/mol. The summed E-state index contributed by atoms with van der Waals surface area (Å²) in [5.41, 5.74) is 1.28. The summed E-state index contributed by atoms with van der Waals surface area (Å²) in [4.78, 5) is 2.38. The van der Waals surface area contributed by atoms with Gasteiger partial charge in [-0.2, -0.15) is 0 Å². The van der Waals surface area contributed by atoms with Crippen LogP contribution >= 0.6 is 0 Å². The van der Waals surface area contributed by atoms with Gasteiger partial charge in [-0.1, -0.05) is 13.5 Å². The van der Waals surface area contributed by atoms with E-state index in [2.05, 4.69) is 30.8 Å². The van der Waals surface area contributed by atoms with E-state index in [9.17, 15) is 0 Å². The average Bonchev–Trinajstić information content (AvgIpc) is 2.65. The van der Waals surface area contributed by atoms with Gasteiger partial charge in [-0.05, 0) is 37.9 Å². The maximum Gasteiger partial charge on any atom is 0.0199 e. The van der Waals surface area contributed by atoms with Crippen LogP contribution in [0.2, 0.25) is 0 Å². The Morgan fingerprint density at radius 3 is 2.69 bits per heavy atom. The molecule has 0 amide bonds. The molecule has 0 aromatic rings. The summed E-state index contributed by atoms with van der Waals surface area (Å²) < 4.78 is 0. The molecule has 0 radical (unpaired) electrons. The van der Waals surface area contributed by atoms with E-state index in [1.54, 1.807) is 0 Å². The lowest BCUT2D eigenvalue weighted by Gasteiger charge is -2.17. The summed E-state index contributed by atoms with van der Waals surface area (Å²) in [5, 5.41) is 3.12. The molecular weight excluding hydrogens is 160 g/mol. The highest BCUT2D eigenvalue weighted by molar-refractivity contribution is 4.99. The van der Waals surface area contributed by atoms with Crippen molar-refractivity contribution in [1.82, 2.24) is 10.2 Å². The second kappa shape index (κ2) is 4.77. The highest BCUT2D eigenvalue weighted by Gasteiger charge is 2.32. The quantitative estimate of drug-likeness (QED) is 0.624. The van der Waals surface area contributed by atoms with Crippen LogP contribution in [0.4, 0.5) is 0 Å². The zero-order chi connectivity index (χ0) is 9.84. The van der Waals surface area contributed by atoms with Crippen LogP contribution in [0.15, 0.2) is 12.2 Å². The van der Waals surface area contributed by atoms with Crippen LogP contribution in [0.5, 0.6) is 0 Å². The minimum absolute atomic E-state index is 0.935. The third-order valence-electron chi connectivity index (χ3n) is 2.74. The monoisotopic (exact) mass is 182 g/mol. The third kappa shape index (κ3) is 3.92. The zero-order valence-electron chi connectivity index (χ0n) is 9.14. The van der Waals surface area contributed by atoms with Crippen LogP contribution < -0.4 is 5.32 Å². The Morgan fingerprint density at radius 1 is 1.62 bits per heavy atom. The van der Waals surface area contributed by atoms with Crippen LogP contribution in [0.25, 0.3) is 0 Å². The molecule has 2 heteroatoms. The van der Waals surface area contributed by atoms with Crippen molar-refractivity contribution >= 4 is 0 Å². The fraction of sp³-hybridized carbons (Fsp3) is 0.818. The van der Waals surface area contributed by atoms with Gasteiger partial charge in [0.15, 0.2) is 0 Å². The number of hydrogen-bond acceptors (Lipinski definition) is 2. The van der Waals surface area contributed by atoms with E-state index in [1.165, 1.54) is 18.5 Å². The first-order chi connectivity index (χ1) is 6.13. The molecule has 0 aromatic carbocycles. The van der Waals surface area contributed by atoms with E-state index < -0.39 is 0 Å². The molecule has 2 nitrogen and oxygen atoms in total. The van der Waals surface area contributed by atoms with Gasteiger partial charge in [0.05, 0.1) is 0 Å². The van der Waals surface area contributed by atoms with Crippen LogP contribution in [0.3, 0.4) is 0 Å². The fourth-order valence-electron chi connectivity index (χ4n) is 1.81. The van der Waals surface area contributed by atoms with Crippen molar-refractivity contribution < 1.29 is 0 Å². The standard InChI is InChI=1S/C11H22N2/c1-9(6-12-3)7-13(4)8-11-5-10(11)2/h10-12H,1,5-8H2,2-4H3. The molecule has 1 aliphatic rings. The van der Waals surface area contributed by atoms with Gasteiger partial charge in [-0.3, -0.25) is 0 Å². The van der Waals surface area contributed by atoms with Crippen LogP contribution in [-0.4, -0.2) is 38.6 Å². The summed E-state index contributed by atoms with van der Waals surface area (Å²) in [6.07, 6.45) is 1.42. The van der Waals surface area contributed by atoms with Gasteiger partial charge in [0.2, 0.25) is 0 Å². The van der Waals surface area contributed by atoms with Gasteiger partial charge in [-0.25, -0.2) is 0 Å². The van der Waals surface area contributed by atoms with Crippen molar-refractivity contribution in [2.24, 2.45) is 11.8 Å². The minimum atomic E-state index is 0.935. The molecule has 1 N–H and O–H groups in total. The van der Waals surface area contributed by atoms with Crippen LogP contribution in [0, 0.1) is 11.8 Å².